The number of ether oxygens (including phenoxy) is 2. The zero-order valence-corrected chi connectivity index (χ0v) is 18.0. The van der Waals surface area contributed by atoms with Crippen molar-refractivity contribution in [1.29, 1.82) is 0 Å². The zero-order valence-electron chi connectivity index (χ0n) is 18.0. The van der Waals surface area contributed by atoms with Gasteiger partial charge in [-0.15, -0.1) is 0 Å². The number of pyridine rings is 1. The molecule has 4 rings (SSSR count). The van der Waals surface area contributed by atoms with Crippen LogP contribution < -0.4 is 15.4 Å². The molecule has 0 bridgehead atoms. The number of halogens is 2. The van der Waals surface area contributed by atoms with Crippen molar-refractivity contribution in [2.24, 2.45) is 0 Å². The van der Waals surface area contributed by atoms with Gasteiger partial charge < -0.3 is 20.1 Å². The van der Waals surface area contributed by atoms with Crippen LogP contribution in [0.4, 0.5) is 25.0 Å². The number of benzene rings is 3. The van der Waals surface area contributed by atoms with E-state index in [0.717, 1.165) is 23.8 Å². The zero-order chi connectivity index (χ0) is 24.1. The lowest BCUT2D eigenvalue weighted by molar-refractivity contribution is -0.142. The Morgan fingerprint density at radius 3 is 2.50 bits per heavy atom. The fraction of sp³-hybridized carbons (Fsp3) is 0.0800. The van der Waals surface area contributed by atoms with Gasteiger partial charge >= 0.3 is 12.0 Å². The highest BCUT2D eigenvalue weighted by Gasteiger charge is 2.13. The van der Waals surface area contributed by atoms with Crippen LogP contribution in [-0.4, -0.2) is 30.7 Å². The number of amides is 2. The van der Waals surface area contributed by atoms with Crippen LogP contribution in [0.5, 0.6) is 5.75 Å². The van der Waals surface area contributed by atoms with Crippen LogP contribution in [0.2, 0.25) is 0 Å². The van der Waals surface area contributed by atoms with Crippen molar-refractivity contribution in [2.75, 3.05) is 24.4 Å². The van der Waals surface area contributed by atoms with Crippen molar-refractivity contribution >= 4 is 34.3 Å². The van der Waals surface area contributed by atoms with Crippen LogP contribution in [0.15, 0.2) is 72.8 Å². The first-order chi connectivity index (χ1) is 16.4. The van der Waals surface area contributed by atoms with Gasteiger partial charge in [0.2, 0.25) is 0 Å². The minimum absolute atomic E-state index is 0.297. The largest absolute Gasteiger partial charge is 0.481 e. The molecule has 0 atom stereocenters. The van der Waals surface area contributed by atoms with Gasteiger partial charge in [-0.25, -0.2) is 23.4 Å². The molecule has 0 saturated heterocycles. The molecule has 0 saturated carbocycles. The first-order valence-electron chi connectivity index (χ1n) is 10.2. The van der Waals surface area contributed by atoms with Crippen LogP contribution >= 0.6 is 0 Å². The SMILES string of the molecule is COC(=O)COc1cc(-c2ccccc2)nc2ccc(NC(=O)Nc3cc(F)ccc3F)cc12. The molecule has 0 unspecified atom stereocenters. The van der Waals surface area contributed by atoms with E-state index in [-0.39, 0.29) is 12.3 Å². The Morgan fingerprint density at radius 1 is 0.941 bits per heavy atom. The van der Waals surface area contributed by atoms with Crippen LogP contribution in [-0.2, 0) is 9.53 Å². The summed E-state index contributed by atoms with van der Waals surface area (Å²) in [5, 5.41) is 5.36. The summed E-state index contributed by atoms with van der Waals surface area (Å²) in [7, 11) is 1.26. The van der Waals surface area contributed by atoms with E-state index in [2.05, 4.69) is 20.4 Å². The van der Waals surface area contributed by atoms with E-state index in [9.17, 15) is 18.4 Å². The second-order valence-corrected chi connectivity index (χ2v) is 7.17. The lowest BCUT2D eigenvalue weighted by atomic mass is 10.1. The fourth-order valence-electron chi connectivity index (χ4n) is 3.22. The third-order valence-electron chi connectivity index (χ3n) is 4.85. The lowest BCUT2D eigenvalue weighted by Crippen LogP contribution is -2.20. The maximum Gasteiger partial charge on any atom is 0.343 e. The third kappa shape index (κ3) is 5.26. The number of nitrogens with zero attached hydrogens (tertiary/aromatic N) is 1. The van der Waals surface area contributed by atoms with E-state index in [4.69, 9.17) is 4.74 Å². The standard InChI is InChI=1S/C25H19F2N3O4/c1-33-24(31)14-34-23-13-21(15-5-3-2-4-6-15)29-20-10-8-17(12-18(20)23)28-25(32)30-22-11-16(26)7-9-19(22)27/h2-13H,14H2,1H3,(H2,28,30,32). The summed E-state index contributed by atoms with van der Waals surface area (Å²) in [6.07, 6.45) is 0. The van der Waals surface area contributed by atoms with Gasteiger partial charge in [0.05, 0.1) is 24.0 Å². The summed E-state index contributed by atoms with van der Waals surface area (Å²) in [4.78, 5) is 28.6. The summed E-state index contributed by atoms with van der Waals surface area (Å²) in [6.45, 7) is -0.319. The molecule has 1 heterocycles. The molecular weight excluding hydrogens is 444 g/mol. The molecule has 3 aromatic carbocycles. The van der Waals surface area contributed by atoms with E-state index in [1.54, 1.807) is 24.3 Å². The minimum Gasteiger partial charge on any atom is -0.481 e. The average Bonchev–Trinajstić information content (AvgIpc) is 2.85. The number of aromatic nitrogens is 1. The fourth-order valence-corrected chi connectivity index (χ4v) is 3.22. The van der Waals surface area contributed by atoms with Crippen LogP contribution in [0, 0.1) is 11.6 Å². The molecule has 0 aliphatic carbocycles. The van der Waals surface area contributed by atoms with Gasteiger partial charge in [-0.05, 0) is 30.3 Å². The predicted octanol–water partition coefficient (Wildman–Crippen LogP) is 5.38. The number of nitrogens with one attached hydrogen (secondary N) is 2. The summed E-state index contributed by atoms with van der Waals surface area (Å²) >= 11 is 0. The molecule has 0 aliphatic heterocycles. The van der Waals surface area contributed by atoms with Gasteiger partial charge in [0.15, 0.2) is 6.61 Å². The molecular formula is C25H19F2N3O4. The molecule has 1 aromatic heterocycles. The molecule has 0 fully saturated rings. The van der Waals surface area contributed by atoms with Gasteiger partial charge in [-0.1, -0.05) is 30.3 Å². The van der Waals surface area contributed by atoms with Gasteiger partial charge in [0.1, 0.15) is 17.4 Å². The summed E-state index contributed by atoms with van der Waals surface area (Å²) in [6, 6.07) is 18.0. The molecule has 4 aromatic rings. The van der Waals surface area contributed by atoms with Crippen molar-refractivity contribution in [1.82, 2.24) is 4.98 Å². The number of hydrogen-bond acceptors (Lipinski definition) is 5. The summed E-state index contributed by atoms with van der Waals surface area (Å²) in [5.41, 5.74) is 2.09. The van der Waals surface area contributed by atoms with Crippen molar-refractivity contribution in [3.63, 3.8) is 0 Å². The third-order valence-corrected chi connectivity index (χ3v) is 4.85. The number of esters is 1. The van der Waals surface area contributed by atoms with Gasteiger partial charge in [-0.3, -0.25) is 0 Å². The number of fused-ring (bicyclic) bond motifs is 1. The molecule has 0 radical (unpaired) electrons. The normalized spacial score (nSPS) is 10.6. The van der Waals surface area contributed by atoms with Crippen LogP contribution in [0.25, 0.3) is 22.2 Å². The first-order valence-corrected chi connectivity index (χ1v) is 10.2. The second kappa shape index (κ2) is 9.95. The molecule has 2 N–H and O–H groups in total. The maximum absolute atomic E-state index is 13.8. The number of carbonyl (C=O) groups is 2. The number of methoxy groups -OCH3 is 1. The van der Waals surface area contributed by atoms with E-state index >= 15 is 0 Å². The Labute approximate surface area is 193 Å². The highest BCUT2D eigenvalue weighted by atomic mass is 19.1. The number of rotatable bonds is 6. The predicted molar refractivity (Wildman–Crippen MR) is 124 cm³/mol. The van der Waals surface area contributed by atoms with Crippen LogP contribution in [0.3, 0.4) is 0 Å². The Hall–Kier alpha value is -4.53. The van der Waals surface area contributed by atoms with Gasteiger partial charge in [0, 0.05) is 28.8 Å². The quantitative estimate of drug-likeness (QED) is 0.375. The number of hydrogen-bond donors (Lipinski definition) is 2. The lowest BCUT2D eigenvalue weighted by Gasteiger charge is -2.13. The summed E-state index contributed by atoms with van der Waals surface area (Å²) < 4.78 is 37.5. The highest BCUT2D eigenvalue weighted by Crippen LogP contribution is 2.32. The Balaban J connectivity index is 1.64. The topological polar surface area (TPSA) is 89.6 Å². The smallest absolute Gasteiger partial charge is 0.343 e. The molecule has 9 heteroatoms. The van der Waals surface area contributed by atoms with Gasteiger partial charge in [-0.2, -0.15) is 0 Å². The number of carbonyl (C=O) groups excluding carboxylic acids is 2. The van der Waals surface area contributed by atoms with E-state index in [1.165, 1.54) is 7.11 Å². The van der Waals surface area contributed by atoms with Crippen molar-refractivity contribution in [3.8, 4) is 17.0 Å². The molecule has 2 amide bonds. The average molecular weight is 463 g/mol. The highest BCUT2D eigenvalue weighted by molar-refractivity contribution is 6.01. The van der Waals surface area contributed by atoms with Gasteiger partial charge in [0.25, 0.3) is 0 Å². The Morgan fingerprint density at radius 2 is 1.74 bits per heavy atom. The number of urea groups is 1. The molecule has 0 spiro atoms. The first kappa shape index (κ1) is 22.7. The summed E-state index contributed by atoms with van der Waals surface area (Å²) in [5.74, 6) is -1.66. The van der Waals surface area contributed by atoms with E-state index < -0.39 is 23.6 Å². The van der Waals surface area contributed by atoms with Crippen LogP contribution in [0.1, 0.15) is 0 Å². The van der Waals surface area contributed by atoms with Crippen molar-refractivity contribution in [2.45, 2.75) is 0 Å². The van der Waals surface area contributed by atoms with E-state index in [0.29, 0.717) is 28.0 Å². The Kier molecular flexibility index (Phi) is 6.63. The molecule has 0 aliphatic rings. The second-order valence-electron chi connectivity index (χ2n) is 7.17. The van der Waals surface area contributed by atoms with Crippen molar-refractivity contribution < 1.29 is 27.8 Å². The number of anilines is 2. The monoisotopic (exact) mass is 463 g/mol. The maximum atomic E-state index is 13.8. The van der Waals surface area contributed by atoms with Crippen molar-refractivity contribution in [3.05, 3.63) is 84.4 Å². The van der Waals surface area contributed by atoms with E-state index in [1.807, 2.05) is 30.3 Å². The molecule has 34 heavy (non-hydrogen) atoms. The molecule has 7 nitrogen and oxygen atoms in total. The molecule has 172 valence electrons. The minimum atomic E-state index is -0.772. The Bertz CT molecular complexity index is 1360.